The fourth-order valence-electron chi connectivity index (χ4n) is 3.31. The van der Waals surface area contributed by atoms with Crippen LogP contribution in [0.15, 0.2) is 45.6 Å². The number of methoxy groups -OCH3 is 1. The molecule has 136 valence electrons. The molecule has 0 saturated heterocycles. The van der Waals surface area contributed by atoms with Gasteiger partial charge in [0.05, 0.1) is 13.7 Å². The Morgan fingerprint density at radius 2 is 1.85 bits per heavy atom. The Bertz CT molecular complexity index is 989. The lowest BCUT2D eigenvalue weighted by molar-refractivity contribution is -0.670. The molecule has 0 amide bonds. The first kappa shape index (κ1) is 18.2. The van der Waals surface area contributed by atoms with E-state index in [1.54, 1.807) is 13.2 Å². The number of hydrogen-bond donors (Lipinski definition) is 1. The van der Waals surface area contributed by atoms with Crippen molar-refractivity contribution < 1.29 is 14.5 Å². The van der Waals surface area contributed by atoms with E-state index in [-0.39, 0.29) is 5.63 Å². The molecule has 3 aromatic rings. The summed E-state index contributed by atoms with van der Waals surface area (Å²) >= 11 is 0. The van der Waals surface area contributed by atoms with Crippen molar-refractivity contribution in [3.63, 3.8) is 0 Å². The molecule has 3 rings (SSSR count). The van der Waals surface area contributed by atoms with Crippen molar-refractivity contribution in [2.75, 3.05) is 13.7 Å². The van der Waals surface area contributed by atoms with Crippen LogP contribution >= 0.6 is 0 Å². The second-order valence-corrected chi connectivity index (χ2v) is 6.82. The molecule has 0 aliphatic heterocycles. The summed E-state index contributed by atoms with van der Waals surface area (Å²) in [6, 6.07) is 12.0. The smallest absolute Gasteiger partial charge is 0.336 e. The van der Waals surface area contributed by atoms with Crippen LogP contribution in [0.3, 0.4) is 0 Å². The number of rotatable bonds is 6. The molecule has 0 fully saturated rings. The second kappa shape index (κ2) is 7.75. The number of nitrogens with two attached hydrogens (primary N) is 1. The highest BCUT2D eigenvalue weighted by atomic mass is 16.5. The molecule has 0 aliphatic rings. The number of fused-ring (bicyclic) bond motifs is 1. The van der Waals surface area contributed by atoms with Crippen LogP contribution in [0.1, 0.15) is 27.8 Å². The van der Waals surface area contributed by atoms with Gasteiger partial charge in [0.25, 0.3) is 0 Å². The predicted molar refractivity (Wildman–Crippen MR) is 104 cm³/mol. The molecule has 2 N–H and O–H groups in total. The van der Waals surface area contributed by atoms with Crippen molar-refractivity contribution in [2.45, 2.75) is 33.7 Å². The van der Waals surface area contributed by atoms with Crippen molar-refractivity contribution in [1.82, 2.24) is 0 Å². The Balaban J connectivity index is 1.74. The van der Waals surface area contributed by atoms with Crippen LogP contribution in [0.2, 0.25) is 0 Å². The van der Waals surface area contributed by atoms with Crippen LogP contribution in [0.5, 0.6) is 5.75 Å². The van der Waals surface area contributed by atoms with Crippen LogP contribution in [0.25, 0.3) is 11.0 Å². The summed E-state index contributed by atoms with van der Waals surface area (Å²) in [5.74, 6) is 0.931. The summed E-state index contributed by atoms with van der Waals surface area (Å²) in [5.41, 5.74) is 6.07. The Labute approximate surface area is 153 Å². The summed E-state index contributed by atoms with van der Waals surface area (Å²) in [6.07, 6.45) is 0.919. The third kappa shape index (κ3) is 3.81. The largest absolute Gasteiger partial charge is 0.496 e. The van der Waals surface area contributed by atoms with E-state index < -0.39 is 0 Å². The van der Waals surface area contributed by atoms with Gasteiger partial charge in [0.2, 0.25) is 0 Å². The quantitative estimate of drug-likeness (QED) is 0.548. The van der Waals surface area contributed by atoms with E-state index in [0.717, 1.165) is 47.3 Å². The van der Waals surface area contributed by atoms with Gasteiger partial charge in [-0.3, -0.25) is 0 Å². The average molecular weight is 352 g/mol. The maximum absolute atomic E-state index is 11.9. The van der Waals surface area contributed by atoms with E-state index in [2.05, 4.69) is 30.4 Å². The molecule has 0 aliphatic carbocycles. The van der Waals surface area contributed by atoms with Crippen molar-refractivity contribution in [3.05, 3.63) is 74.6 Å². The Hall–Kier alpha value is -2.59. The molecule has 0 atom stereocenters. The molecule has 0 radical (unpaired) electrons. The summed E-state index contributed by atoms with van der Waals surface area (Å²) in [6.45, 7) is 7.79. The number of benzene rings is 2. The lowest BCUT2D eigenvalue weighted by atomic mass is 10.0. The third-order valence-corrected chi connectivity index (χ3v) is 4.94. The minimum absolute atomic E-state index is 0.282. The number of aryl methyl sites for hydroxylation is 3. The molecule has 1 heterocycles. The molecule has 0 saturated carbocycles. The summed E-state index contributed by atoms with van der Waals surface area (Å²) in [7, 11) is 1.71. The highest BCUT2D eigenvalue weighted by Gasteiger charge is 2.11. The minimum Gasteiger partial charge on any atom is -0.496 e. The van der Waals surface area contributed by atoms with Crippen LogP contribution < -0.4 is 15.7 Å². The highest BCUT2D eigenvalue weighted by Crippen LogP contribution is 2.23. The van der Waals surface area contributed by atoms with Gasteiger partial charge >= 0.3 is 5.63 Å². The van der Waals surface area contributed by atoms with Crippen molar-refractivity contribution in [2.24, 2.45) is 0 Å². The number of quaternary nitrogens is 1. The lowest BCUT2D eigenvalue weighted by Gasteiger charge is -2.10. The van der Waals surface area contributed by atoms with Crippen molar-refractivity contribution in [3.8, 4) is 5.75 Å². The van der Waals surface area contributed by atoms with Gasteiger partial charge in [0.15, 0.2) is 0 Å². The molecule has 4 nitrogen and oxygen atoms in total. The van der Waals surface area contributed by atoms with Crippen LogP contribution in [0, 0.1) is 20.8 Å². The molecule has 0 spiro atoms. The van der Waals surface area contributed by atoms with Crippen LogP contribution in [-0.2, 0) is 13.0 Å². The Morgan fingerprint density at radius 3 is 2.62 bits per heavy atom. The maximum atomic E-state index is 11.9. The van der Waals surface area contributed by atoms with Crippen LogP contribution in [-0.4, -0.2) is 13.7 Å². The van der Waals surface area contributed by atoms with E-state index >= 15 is 0 Å². The van der Waals surface area contributed by atoms with Crippen molar-refractivity contribution in [1.29, 1.82) is 0 Å². The molecular weight excluding hydrogens is 326 g/mol. The first-order chi connectivity index (χ1) is 12.5. The fourth-order valence-corrected chi connectivity index (χ4v) is 3.31. The number of hydrogen-bond acceptors (Lipinski definition) is 3. The topological polar surface area (TPSA) is 56.0 Å². The summed E-state index contributed by atoms with van der Waals surface area (Å²) in [5, 5.41) is 3.25. The van der Waals surface area contributed by atoms with E-state index in [0.29, 0.717) is 5.58 Å². The summed E-state index contributed by atoms with van der Waals surface area (Å²) < 4.78 is 10.9. The van der Waals surface area contributed by atoms with E-state index in [1.807, 2.05) is 26.0 Å². The van der Waals surface area contributed by atoms with Gasteiger partial charge in [0.1, 0.15) is 17.9 Å². The first-order valence-corrected chi connectivity index (χ1v) is 8.97. The van der Waals surface area contributed by atoms with E-state index in [9.17, 15) is 4.79 Å². The highest BCUT2D eigenvalue weighted by molar-refractivity contribution is 5.83. The maximum Gasteiger partial charge on any atom is 0.336 e. The van der Waals surface area contributed by atoms with E-state index in [4.69, 9.17) is 9.15 Å². The molecule has 26 heavy (non-hydrogen) atoms. The zero-order chi connectivity index (χ0) is 18.7. The summed E-state index contributed by atoms with van der Waals surface area (Å²) in [4.78, 5) is 11.9. The standard InChI is InChI=1S/C22H25NO3/c1-14-5-8-20(25-4)17(11-14)9-10-23-13-18-12-21(24)26-22-16(3)15(2)6-7-19(18)22/h5-8,11-12,23H,9-10,13H2,1-4H3/p+1. The second-order valence-electron chi connectivity index (χ2n) is 6.82. The first-order valence-electron chi connectivity index (χ1n) is 8.97. The lowest BCUT2D eigenvalue weighted by Crippen LogP contribution is -2.83. The fraction of sp³-hybridized carbons (Fsp3) is 0.318. The molecule has 0 unspecified atom stereocenters. The van der Waals surface area contributed by atoms with Gasteiger partial charge in [-0.25, -0.2) is 4.79 Å². The van der Waals surface area contributed by atoms with Gasteiger partial charge in [-0.2, -0.15) is 0 Å². The Morgan fingerprint density at radius 1 is 1.04 bits per heavy atom. The molecule has 4 heteroatoms. The zero-order valence-corrected chi connectivity index (χ0v) is 15.9. The number of ether oxygens (including phenoxy) is 1. The van der Waals surface area contributed by atoms with E-state index in [1.165, 1.54) is 11.1 Å². The van der Waals surface area contributed by atoms with Crippen LogP contribution in [0.4, 0.5) is 0 Å². The monoisotopic (exact) mass is 352 g/mol. The SMILES string of the molecule is COc1ccc(C)cc1CC[NH2+]Cc1cc(=O)oc2c(C)c(C)ccc12. The van der Waals surface area contributed by atoms with Gasteiger partial charge in [-0.05, 0) is 43.5 Å². The predicted octanol–water partition coefficient (Wildman–Crippen LogP) is 3.03. The molecule has 0 bridgehead atoms. The van der Waals surface area contributed by atoms with Gasteiger partial charge in [0, 0.05) is 23.4 Å². The minimum atomic E-state index is -0.282. The zero-order valence-electron chi connectivity index (χ0n) is 15.9. The molecule has 2 aromatic carbocycles. The average Bonchev–Trinajstić information content (AvgIpc) is 2.62. The third-order valence-electron chi connectivity index (χ3n) is 4.94. The normalized spacial score (nSPS) is 11.1. The molecule has 1 aromatic heterocycles. The van der Waals surface area contributed by atoms with Gasteiger partial charge < -0.3 is 14.5 Å². The van der Waals surface area contributed by atoms with Crippen molar-refractivity contribution >= 4 is 11.0 Å². The Kier molecular flexibility index (Phi) is 5.43. The van der Waals surface area contributed by atoms with Gasteiger partial charge in [-0.1, -0.05) is 29.8 Å². The molecular formula is C22H26NO3+. The van der Waals surface area contributed by atoms with Gasteiger partial charge in [-0.15, -0.1) is 0 Å².